The first-order valence-corrected chi connectivity index (χ1v) is 14.0. The molecule has 3 N–H and O–H groups in total. The van der Waals surface area contributed by atoms with Crippen LogP contribution in [-0.4, -0.2) is 63.4 Å². The summed E-state index contributed by atoms with van der Waals surface area (Å²) in [4.78, 5) is 31.6. The molecule has 0 radical (unpaired) electrons. The number of morpholine rings is 1. The molecule has 2 atom stereocenters. The molecule has 8 rings (SSSR count). The summed E-state index contributed by atoms with van der Waals surface area (Å²) in [6.45, 7) is 3.13. The van der Waals surface area contributed by atoms with E-state index >= 15 is 0 Å². The largest absolute Gasteiger partial charge is 0.481 e. The minimum Gasteiger partial charge on any atom is -0.481 e. The number of nitrogens with one attached hydrogen (secondary N) is 2. The Kier molecular flexibility index (Phi) is 6.34. The summed E-state index contributed by atoms with van der Waals surface area (Å²) in [6, 6.07) is 11.4. The number of carboxylic acids is 1. The van der Waals surface area contributed by atoms with Gasteiger partial charge in [0.1, 0.15) is 17.3 Å². The second-order valence-electron chi connectivity index (χ2n) is 11.1. The fourth-order valence-corrected chi connectivity index (χ4v) is 6.80. The molecule has 1 aromatic carbocycles. The van der Waals surface area contributed by atoms with E-state index in [1.807, 2.05) is 18.2 Å². The van der Waals surface area contributed by atoms with E-state index in [0.29, 0.717) is 47.1 Å². The number of aromatic amines is 1. The lowest BCUT2D eigenvalue weighted by Crippen LogP contribution is -2.51. The van der Waals surface area contributed by atoms with E-state index in [0.717, 1.165) is 50.0 Å². The van der Waals surface area contributed by atoms with Crippen LogP contribution in [0.2, 0.25) is 0 Å². The van der Waals surface area contributed by atoms with Gasteiger partial charge in [-0.3, -0.25) is 4.79 Å². The van der Waals surface area contributed by atoms with E-state index in [-0.39, 0.29) is 17.9 Å². The molecule has 206 valence electrons. The standard InChI is InChI=1S/C30H31FN6O3/c31-20-13-22-23(16-33-28(22)32-15-20)29-34-24(17-5-7-21(8-6-17)37-9-11-40-12-10-37)14-25(36-29)35-27-19-3-1-18(2-4-19)26(27)30(38)39/h5-8,13-16,18-19,26-27H,1-4,9-12H2,(H,32,33)(H,38,39)(H,34,35,36). The van der Waals surface area contributed by atoms with Crippen molar-refractivity contribution in [2.45, 2.75) is 31.7 Å². The molecular formula is C30H31FN6O3. The first-order chi connectivity index (χ1) is 19.5. The summed E-state index contributed by atoms with van der Waals surface area (Å²) >= 11 is 0. The molecule has 4 aliphatic rings. The second kappa shape index (κ2) is 10.2. The Morgan fingerprint density at radius 2 is 1.80 bits per heavy atom. The first kappa shape index (κ1) is 25.0. The number of pyridine rings is 1. The molecular weight excluding hydrogens is 511 g/mol. The highest BCUT2D eigenvalue weighted by Crippen LogP contribution is 2.46. The number of nitrogens with zero attached hydrogens (tertiary/aromatic N) is 4. The number of aromatic nitrogens is 4. The van der Waals surface area contributed by atoms with Gasteiger partial charge in [0, 0.05) is 53.6 Å². The highest BCUT2D eigenvalue weighted by molar-refractivity contribution is 5.92. The van der Waals surface area contributed by atoms with Gasteiger partial charge in [-0.05, 0) is 55.7 Å². The van der Waals surface area contributed by atoms with Gasteiger partial charge in [0.2, 0.25) is 0 Å². The Balaban J connectivity index is 1.29. The van der Waals surface area contributed by atoms with Crippen LogP contribution in [0.5, 0.6) is 0 Å². The number of carboxylic acid groups (broad SMARTS) is 1. The molecule has 0 spiro atoms. The van der Waals surface area contributed by atoms with Crippen LogP contribution in [0.3, 0.4) is 0 Å². The van der Waals surface area contributed by atoms with Gasteiger partial charge in [0.05, 0.1) is 31.0 Å². The van der Waals surface area contributed by atoms with Gasteiger partial charge in [-0.15, -0.1) is 0 Å². The fraction of sp³-hybridized carbons (Fsp3) is 0.400. The molecule has 10 heteroatoms. The highest BCUT2D eigenvalue weighted by atomic mass is 19.1. The van der Waals surface area contributed by atoms with Gasteiger partial charge >= 0.3 is 5.97 Å². The van der Waals surface area contributed by atoms with Crippen molar-refractivity contribution in [3.05, 3.63) is 54.6 Å². The summed E-state index contributed by atoms with van der Waals surface area (Å²) in [5, 5.41) is 14.2. The maximum Gasteiger partial charge on any atom is 0.308 e. The summed E-state index contributed by atoms with van der Waals surface area (Å²) in [7, 11) is 0. The number of aliphatic carboxylic acids is 1. The van der Waals surface area contributed by atoms with E-state index in [9.17, 15) is 14.3 Å². The molecule has 40 heavy (non-hydrogen) atoms. The maximum absolute atomic E-state index is 14.1. The molecule has 3 aliphatic carbocycles. The summed E-state index contributed by atoms with van der Waals surface area (Å²) in [5.41, 5.74) is 3.92. The third-order valence-electron chi connectivity index (χ3n) is 8.82. The van der Waals surface area contributed by atoms with Gasteiger partial charge in [-0.25, -0.2) is 19.3 Å². The number of ether oxygens (including phenoxy) is 1. The number of rotatable bonds is 6. The van der Waals surface area contributed by atoms with Crippen LogP contribution in [0.25, 0.3) is 33.7 Å². The maximum atomic E-state index is 14.1. The normalized spacial score (nSPS) is 24.4. The molecule has 1 aliphatic heterocycles. The Labute approximate surface area is 230 Å². The third kappa shape index (κ3) is 4.56. The number of benzene rings is 1. The number of anilines is 2. The molecule has 2 unspecified atom stereocenters. The monoisotopic (exact) mass is 542 g/mol. The van der Waals surface area contributed by atoms with E-state index in [4.69, 9.17) is 14.7 Å². The lowest BCUT2D eigenvalue weighted by molar-refractivity contribution is -0.148. The summed E-state index contributed by atoms with van der Waals surface area (Å²) < 4.78 is 19.6. The zero-order valence-corrected chi connectivity index (χ0v) is 22.0. The molecule has 9 nitrogen and oxygen atoms in total. The van der Waals surface area contributed by atoms with Crippen molar-refractivity contribution in [2.75, 3.05) is 36.5 Å². The zero-order valence-electron chi connectivity index (χ0n) is 22.0. The summed E-state index contributed by atoms with van der Waals surface area (Å²) in [6.07, 6.45) is 6.88. The number of hydrogen-bond donors (Lipinski definition) is 3. The van der Waals surface area contributed by atoms with Crippen LogP contribution in [0.15, 0.2) is 48.8 Å². The fourth-order valence-electron chi connectivity index (χ4n) is 6.80. The predicted octanol–water partition coefficient (Wildman–Crippen LogP) is 4.96. The number of H-pyrrole nitrogens is 1. The van der Waals surface area contributed by atoms with E-state index < -0.39 is 17.7 Å². The average Bonchev–Trinajstić information content (AvgIpc) is 3.41. The van der Waals surface area contributed by atoms with Crippen molar-refractivity contribution in [1.29, 1.82) is 0 Å². The van der Waals surface area contributed by atoms with Crippen LogP contribution < -0.4 is 10.2 Å². The van der Waals surface area contributed by atoms with Gasteiger partial charge in [0.25, 0.3) is 0 Å². The van der Waals surface area contributed by atoms with E-state index in [1.165, 1.54) is 12.3 Å². The molecule has 3 aromatic heterocycles. The van der Waals surface area contributed by atoms with Crippen molar-refractivity contribution in [3.8, 4) is 22.6 Å². The minimum atomic E-state index is -0.752. The van der Waals surface area contributed by atoms with Crippen molar-refractivity contribution >= 4 is 28.5 Å². The second-order valence-corrected chi connectivity index (χ2v) is 11.1. The lowest BCUT2D eigenvalue weighted by atomic mass is 9.61. The molecule has 2 bridgehead atoms. The molecule has 3 saturated carbocycles. The highest BCUT2D eigenvalue weighted by Gasteiger charge is 2.47. The van der Waals surface area contributed by atoms with Crippen molar-refractivity contribution in [2.24, 2.45) is 17.8 Å². The van der Waals surface area contributed by atoms with Gasteiger partial charge < -0.3 is 25.0 Å². The van der Waals surface area contributed by atoms with Gasteiger partial charge in [-0.1, -0.05) is 12.1 Å². The SMILES string of the molecule is O=C(O)C1C2CCC(CC2)C1Nc1cc(-c2ccc(N3CCOCC3)cc2)nc(-c2c[nH]c3ncc(F)cc23)n1. The first-order valence-electron chi connectivity index (χ1n) is 14.0. The predicted molar refractivity (Wildman–Crippen MR) is 150 cm³/mol. The van der Waals surface area contributed by atoms with E-state index in [2.05, 4.69) is 32.3 Å². The molecule has 4 fully saturated rings. The zero-order chi connectivity index (χ0) is 27.2. The number of fused-ring (bicyclic) bond motifs is 4. The van der Waals surface area contributed by atoms with E-state index in [1.54, 1.807) is 6.20 Å². The Morgan fingerprint density at radius 1 is 1.05 bits per heavy atom. The molecule has 4 heterocycles. The Morgan fingerprint density at radius 3 is 2.55 bits per heavy atom. The number of carbonyl (C=O) groups is 1. The Bertz CT molecular complexity index is 1540. The molecule has 0 amide bonds. The average molecular weight is 543 g/mol. The minimum absolute atomic E-state index is 0.177. The molecule has 1 saturated heterocycles. The van der Waals surface area contributed by atoms with Gasteiger partial charge in [-0.2, -0.15) is 0 Å². The third-order valence-corrected chi connectivity index (χ3v) is 8.82. The lowest BCUT2D eigenvalue weighted by Gasteiger charge is -2.47. The topological polar surface area (TPSA) is 116 Å². The number of halogens is 1. The summed E-state index contributed by atoms with van der Waals surface area (Å²) in [5.74, 6) is -0.192. The van der Waals surface area contributed by atoms with Crippen LogP contribution in [-0.2, 0) is 9.53 Å². The smallest absolute Gasteiger partial charge is 0.308 e. The molecule has 4 aromatic rings. The van der Waals surface area contributed by atoms with Crippen LogP contribution in [0.1, 0.15) is 25.7 Å². The van der Waals surface area contributed by atoms with Crippen LogP contribution >= 0.6 is 0 Å². The van der Waals surface area contributed by atoms with Crippen LogP contribution in [0.4, 0.5) is 15.9 Å². The van der Waals surface area contributed by atoms with Crippen molar-refractivity contribution in [1.82, 2.24) is 19.9 Å². The Hall–Kier alpha value is -4.05. The van der Waals surface area contributed by atoms with Crippen molar-refractivity contribution in [3.63, 3.8) is 0 Å². The van der Waals surface area contributed by atoms with Gasteiger partial charge in [0.15, 0.2) is 5.82 Å². The van der Waals surface area contributed by atoms with Crippen LogP contribution in [0, 0.1) is 23.6 Å². The van der Waals surface area contributed by atoms with Crippen molar-refractivity contribution < 1.29 is 19.0 Å². The quantitative estimate of drug-likeness (QED) is 0.313. The number of hydrogen-bond acceptors (Lipinski definition) is 7.